The second kappa shape index (κ2) is 5.86. The molecule has 132 valence electrons. The van der Waals surface area contributed by atoms with E-state index in [1.165, 1.54) is 11.9 Å². The third-order valence-corrected chi connectivity index (χ3v) is 5.17. The van der Waals surface area contributed by atoms with E-state index in [2.05, 4.69) is 0 Å². The van der Waals surface area contributed by atoms with Gasteiger partial charge in [-0.15, -0.1) is 0 Å². The van der Waals surface area contributed by atoms with E-state index in [9.17, 15) is 18.0 Å². The third kappa shape index (κ3) is 2.80. The highest BCUT2D eigenvalue weighted by molar-refractivity contribution is 5.76. The normalized spacial score (nSPS) is 19.3. The van der Waals surface area contributed by atoms with Crippen molar-refractivity contribution >= 4 is 6.03 Å². The molecule has 24 heavy (non-hydrogen) atoms. The van der Waals surface area contributed by atoms with E-state index in [0.29, 0.717) is 25.9 Å². The number of rotatable bonds is 2. The Balaban J connectivity index is 1.72. The first-order valence-corrected chi connectivity index (χ1v) is 8.04. The maximum atomic E-state index is 13.2. The van der Waals surface area contributed by atoms with Crippen molar-refractivity contribution in [3.8, 4) is 5.75 Å². The molecule has 7 heteroatoms. The Morgan fingerprint density at radius 1 is 1.21 bits per heavy atom. The quantitative estimate of drug-likeness (QED) is 0.827. The fourth-order valence-corrected chi connectivity index (χ4v) is 3.34. The largest absolute Gasteiger partial charge is 0.497 e. The van der Waals surface area contributed by atoms with Crippen LogP contribution in [0.4, 0.5) is 18.0 Å². The molecule has 0 aromatic heterocycles. The Morgan fingerprint density at radius 3 is 2.38 bits per heavy atom. The first-order valence-electron chi connectivity index (χ1n) is 8.04. The van der Waals surface area contributed by atoms with Crippen molar-refractivity contribution in [2.24, 2.45) is 0 Å². The zero-order valence-electron chi connectivity index (χ0n) is 13.8. The predicted molar refractivity (Wildman–Crippen MR) is 83.2 cm³/mol. The predicted octanol–water partition coefficient (Wildman–Crippen LogP) is 3.24. The van der Waals surface area contributed by atoms with Gasteiger partial charge in [0.15, 0.2) is 0 Å². The molecule has 1 fully saturated rings. The Labute approximate surface area is 139 Å². The van der Waals surface area contributed by atoms with Gasteiger partial charge in [-0.2, -0.15) is 13.2 Å². The topological polar surface area (TPSA) is 32.8 Å². The van der Waals surface area contributed by atoms with Gasteiger partial charge in [-0.3, -0.25) is 0 Å². The standard InChI is InChI=1S/C17H21F3N2O2/c1-21(16(7-8-16)17(18,19)20)15(23)22-9-5-12-3-4-14(24-2)11-13(12)6-10-22/h3-4,11H,5-10H2,1-2H3. The summed E-state index contributed by atoms with van der Waals surface area (Å²) in [6.07, 6.45) is -3.14. The summed E-state index contributed by atoms with van der Waals surface area (Å²) >= 11 is 0. The highest BCUT2D eigenvalue weighted by Crippen LogP contribution is 2.53. The van der Waals surface area contributed by atoms with E-state index >= 15 is 0 Å². The highest BCUT2D eigenvalue weighted by atomic mass is 19.4. The number of urea groups is 1. The molecular formula is C17H21F3N2O2. The molecule has 3 rings (SSSR count). The molecule has 2 aliphatic rings. The van der Waals surface area contributed by atoms with E-state index in [-0.39, 0.29) is 12.8 Å². The summed E-state index contributed by atoms with van der Waals surface area (Å²) in [6, 6.07) is 5.23. The smallest absolute Gasteiger partial charge is 0.411 e. The van der Waals surface area contributed by atoms with Gasteiger partial charge >= 0.3 is 12.2 Å². The molecule has 0 bridgehead atoms. The molecule has 0 saturated heterocycles. The van der Waals surface area contributed by atoms with Crippen LogP contribution in [0.15, 0.2) is 18.2 Å². The maximum absolute atomic E-state index is 13.2. The molecule has 0 unspecified atom stereocenters. The lowest BCUT2D eigenvalue weighted by atomic mass is 10.0. The molecule has 4 nitrogen and oxygen atoms in total. The molecule has 0 radical (unpaired) electrons. The van der Waals surface area contributed by atoms with Crippen LogP contribution in [0.2, 0.25) is 0 Å². The molecule has 1 heterocycles. The highest BCUT2D eigenvalue weighted by Gasteiger charge is 2.67. The fraction of sp³-hybridized carbons (Fsp3) is 0.588. The lowest BCUT2D eigenvalue weighted by Gasteiger charge is -2.34. The summed E-state index contributed by atoms with van der Waals surface area (Å²) in [7, 11) is 2.86. The average molecular weight is 342 g/mol. The molecule has 0 atom stereocenters. The van der Waals surface area contributed by atoms with Crippen molar-refractivity contribution in [1.29, 1.82) is 0 Å². The average Bonchev–Trinajstić information content (AvgIpc) is 3.36. The van der Waals surface area contributed by atoms with Gasteiger partial charge in [-0.25, -0.2) is 4.79 Å². The number of alkyl halides is 3. The first-order chi connectivity index (χ1) is 11.3. The van der Waals surface area contributed by atoms with Crippen molar-refractivity contribution in [2.45, 2.75) is 37.4 Å². The van der Waals surface area contributed by atoms with Gasteiger partial charge in [-0.05, 0) is 48.9 Å². The molecule has 1 aliphatic heterocycles. The number of hydrogen-bond acceptors (Lipinski definition) is 2. The minimum Gasteiger partial charge on any atom is -0.497 e. The lowest BCUT2D eigenvalue weighted by molar-refractivity contribution is -0.186. The SMILES string of the molecule is COc1ccc2c(c1)CCN(C(=O)N(C)C1(C(F)(F)F)CC1)CC2. The minimum atomic E-state index is -4.38. The number of halogens is 3. The summed E-state index contributed by atoms with van der Waals surface area (Å²) in [4.78, 5) is 15.0. The van der Waals surface area contributed by atoms with Crippen molar-refractivity contribution in [3.63, 3.8) is 0 Å². The zero-order valence-corrected chi connectivity index (χ0v) is 13.8. The van der Waals surface area contributed by atoms with Crippen LogP contribution in [0, 0.1) is 0 Å². The molecule has 0 N–H and O–H groups in total. The van der Waals surface area contributed by atoms with Crippen LogP contribution in [0.3, 0.4) is 0 Å². The maximum Gasteiger partial charge on any atom is 0.411 e. The van der Waals surface area contributed by atoms with Crippen molar-refractivity contribution in [2.75, 3.05) is 27.2 Å². The number of hydrogen-bond donors (Lipinski definition) is 0. The van der Waals surface area contributed by atoms with E-state index < -0.39 is 17.7 Å². The van der Waals surface area contributed by atoms with E-state index in [4.69, 9.17) is 4.74 Å². The molecule has 1 saturated carbocycles. The fourth-order valence-electron chi connectivity index (χ4n) is 3.34. The summed E-state index contributed by atoms with van der Waals surface area (Å²) in [5, 5.41) is 0. The van der Waals surface area contributed by atoms with E-state index in [1.54, 1.807) is 7.11 Å². The van der Waals surface area contributed by atoms with Gasteiger partial charge in [0.2, 0.25) is 0 Å². The zero-order chi connectivity index (χ0) is 17.5. The van der Waals surface area contributed by atoms with Crippen LogP contribution >= 0.6 is 0 Å². The molecule has 1 aliphatic carbocycles. The number of fused-ring (bicyclic) bond motifs is 1. The van der Waals surface area contributed by atoms with E-state index in [1.807, 2.05) is 18.2 Å². The summed E-state index contributed by atoms with van der Waals surface area (Å²) in [5.41, 5.74) is 0.238. The number of amides is 2. The summed E-state index contributed by atoms with van der Waals surface area (Å²) in [6.45, 7) is 0.841. The Kier molecular flexibility index (Phi) is 4.13. The van der Waals surface area contributed by atoms with Crippen LogP contribution in [0.1, 0.15) is 24.0 Å². The van der Waals surface area contributed by atoms with E-state index in [0.717, 1.165) is 21.8 Å². The van der Waals surface area contributed by atoms with Crippen molar-refractivity contribution in [3.05, 3.63) is 29.3 Å². The number of carbonyl (C=O) groups is 1. The van der Waals surface area contributed by atoms with Gasteiger partial charge in [-0.1, -0.05) is 6.07 Å². The molecular weight excluding hydrogens is 321 g/mol. The summed E-state index contributed by atoms with van der Waals surface area (Å²) < 4.78 is 44.9. The van der Waals surface area contributed by atoms with Crippen molar-refractivity contribution < 1.29 is 22.7 Å². The van der Waals surface area contributed by atoms with Crippen LogP contribution in [-0.4, -0.2) is 54.8 Å². The lowest BCUT2D eigenvalue weighted by Crippen LogP contribution is -2.54. The first kappa shape index (κ1) is 16.9. The van der Waals surface area contributed by atoms with Crippen LogP contribution < -0.4 is 4.74 Å². The monoisotopic (exact) mass is 342 g/mol. The third-order valence-electron chi connectivity index (χ3n) is 5.17. The Bertz CT molecular complexity index is 641. The second-order valence-corrected chi connectivity index (χ2v) is 6.49. The minimum absolute atomic E-state index is 0.00992. The number of carbonyl (C=O) groups excluding carboxylic acids is 1. The molecule has 1 aromatic rings. The number of nitrogens with zero attached hydrogens (tertiary/aromatic N) is 2. The van der Waals surface area contributed by atoms with Gasteiger partial charge in [0.1, 0.15) is 11.3 Å². The molecule has 0 spiro atoms. The number of ether oxygens (including phenoxy) is 1. The van der Waals surface area contributed by atoms with Crippen LogP contribution in [0.25, 0.3) is 0 Å². The number of benzene rings is 1. The van der Waals surface area contributed by atoms with Gasteiger partial charge in [0.05, 0.1) is 7.11 Å². The molecule has 2 amide bonds. The summed E-state index contributed by atoms with van der Waals surface area (Å²) in [5.74, 6) is 0.750. The van der Waals surface area contributed by atoms with Crippen LogP contribution in [-0.2, 0) is 12.8 Å². The van der Waals surface area contributed by atoms with Gasteiger partial charge in [0, 0.05) is 20.1 Å². The Morgan fingerprint density at radius 2 is 1.83 bits per heavy atom. The van der Waals surface area contributed by atoms with Gasteiger partial charge < -0.3 is 14.5 Å². The Hall–Kier alpha value is -1.92. The molecule has 1 aromatic carbocycles. The second-order valence-electron chi connectivity index (χ2n) is 6.49. The van der Waals surface area contributed by atoms with Crippen molar-refractivity contribution in [1.82, 2.24) is 9.80 Å². The van der Waals surface area contributed by atoms with Gasteiger partial charge in [0.25, 0.3) is 0 Å². The number of methoxy groups -OCH3 is 1. The van der Waals surface area contributed by atoms with Crippen LogP contribution in [0.5, 0.6) is 5.75 Å².